The largest absolute Gasteiger partial charge is 0.457 e. The topological polar surface area (TPSA) is 54.5 Å². The van der Waals surface area contributed by atoms with E-state index < -0.39 is 0 Å². The SMILES string of the molecule is Cc1ccccc1C(=O)N1CCC(N2CCN([C@@H](C)c3ccc(Oc4ccc5c(c4)OCO5)cc3)[C@H](C)C2)CC1. The minimum atomic E-state index is 0.177. The summed E-state index contributed by atoms with van der Waals surface area (Å²) in [4.78, 5) is 20.4. The van der Waals surface area contributed by atoms with Gasteiger partial charge in [0.15, 0.2) is 11.5 Å². The predicted octanol–water partition coefficient (Wildman–Crippen LogP) is 5.89. The zero-order chi connectivity index (χ0) is 27.6. The van der Waals surface area contributed by atoms with Crippen LogP contribution >= 0.6 is 0 Å². The second-order valence-electron chi connectivity index (χ2n) is 11.3. The highest BCUT2D eigenvalue weighted by Crippen LogP contribution is 2.37. The Labute approximate surface area is 237 Å². The number of nitrogens with zero attached hydrogens (tertiary/aromatic N) is 3. The highest BCUT2D eigenvalue weighted by Gasteiger charge is 2.34. The number of hydrogen-bond acceptors (Lipinski definition) is 6. The Morgan fingerprint density at radius 3 is 2.38 bits per heavy atom. The van der Waals surface area contributed by atoms with Crippen LogP contribution in [0.5, 0.6) is 23.0 Å². The van der Waals surface area contributed by atoms with Gasteiger partial charge in [0.05, 0.1) is 0 Å². The normalized spacial score (nSPS) is 20.9. The lowest BCUT2D eigenvalue weighted by Gasteiger charge is -2.47. The molecule has 0 spiro atoms. The van der Waals surface area contributed by atoms with Crippen LogP contribution < -0.4 is 14.2 Å². The van der Waals surface area contributed by atoms with Crippen molar-refractivity contribution in [1.82, 2.24) is 14.7 Å². The highest BCUT2D eigenvalue weighted by atomic mass is 16.7. The molecule has 3 aliphatic rings. The summed E-state index contributed by atoms with van der Waals surface area (Å²) >= 11 is 0. The predicted molar refractivity (Wildman–Crippen MR) is 155 cm³/mol. The van der Waals surface area contributed by atoms with Crippen LogP contribution in [-0.2, 0) is 0 Å². The molecule has 210 valence electrons. The molecule has 0 bridgehead atoms. The summed E-state index contributed by atoms with van der Waals surface area (Å²) < 4.78 is 16.9. The van der Waals surface area contributed by atoms with Crippen molar-refractivity contribution in [2.24, 2.45) is 0 Å². The second kappa shape index (κ2) is 11.5. The van der Waals surface area contributed by atoms with Crippen molar-refractivity contribution in [2.45, 2.75) is 51.7 Å². The molecule has 2 saturated heterocycles. The maximum atomic E-state index is 13.0. The lowest BCUT2D eigenvalue weighted by molar-refractivity contribution is 0.0135. The van der Waals surface area contributed by atoms with Crippen molar-refractivity contribution in [3.63, 3.8) is 0 Å². The Morgan fingerprint density at radius 1 is 0.900 bits per heavy atom. The number of ether oxygens (including phenoxy) is 3. The van der Waals surface area contributed by atoms with E-state index in [0.717, 1.165) is 79.7 Å². The first-order chi connectivity index (χ1) is 19.5. The summed E-state index contributed by atoms with van der Waals surface area (Å²) in [5.74, 6) is 3.19. The van der Waals surface area contributed by atoms with Gasteiger partial charge in [-0.15, -0.1) is 0 Å². The smallest absolute Gasteiger partial charge is 0.254 e. The van der Waals surface area contributed by atoms with E-state index in [2.05, 4.69) is 35.8 Å². The van der Waals surface area contributed by atoms with Gasteiger partial charge < -0.3 is 19.1 Å². The number of likely N-dealkylation sites (tertiary alicyclic amines) is 1. The minimum absolute atomic E-state index is 0.177. The molecule has 0 N–H and O–H groups in total. The standard InChI is InChI=1S/C33H39N3O4/c1-23-6-4-5-7-30(23)33(37)34-16-14-27(15-17-34)35-18-19-36(24(2)21-35)25(3)26-8-10-28(11-9-26)40-29-12-13-31-32(20-29)39-22-38-31/h4-13,20,24-25,27H,14-19,21-22H2,1-3H3/t24-,25+/m1/s1. The molecule has 0 aromatic heterocycles. The number of rotatable bonds is 6. The number of benzene rings is 3. The van der Waals surface area contributed by atoms with Crippen LogP contribution in [0.4, 0.5) is 0 Å². The van der Waals surface area contributed by atoms with Gasteiger partial charge in [0.25, 0.3) is 5.91 Å². The third-order valence-corrected chi connectivity index (χ3v) is 8.79. The molecule has 3 aromatic carbocycles. The van der Waals surface area contributed by atoms with E-state index in [1.807, 2.05) is 66.4 Å². The van der Waals surface area contributed by atoms with Gasteiger partial charge in [-0.25, -0.2) is 0 Å². The van der Waals surface area contributed by atoms with Gasteiger partial charge in [0, 0.05) is 62.5 Å². The molecule has 0 unspecified atom stereocenters. The van der Waals surface area contributed by atoms with Crippen LogP contribution in [0.2, 0.25) is 0 Å². The number of piperazine rings is 1. The first-order valence-electron chi connectivity index (χ1n) is 14.5. The van der Waals surface area contributed by atoms with Crippen LogP contribution in [0.3, 0.4) is 0 Å². The number of carbonyl (C=O) groups excluding carboxylic acids is 1. The van der Waals surface area contributed by atoms with E-state index in [1.165, 1.54) is 5.56 Å². The summed E-state index contributed by atoms with van der Waals surface area (Å²) in [5.41, 5.74) is 3.19. The third-order valence-electron chi connectivity index (χ3n) is 8.79. The van der Waals surface area contributed by atoms with Gasteiger partial charge in [0.1, 0.15) is 11.5 Å². The van der Waals surface area contributed by atoms with Gasteiger partial charge in [0.2, 0.25) is 6.79 Å². The number of piperidine rings is 1. The van der Waals surface area contributed by atoms with Crippen molar-refractivity contribution in [2.75, 3.05) is 39.5 Å². The monoisotopic (exact) mass is 541 g/mol. The third kappa shape index (κ3) is 5.54. The summed E-state index contributed by atoms with van der Waals surface area (Å²) in [6.45, 7) is 11.8. The Balaban J connectivity index is 1.00. The molecule has 40 heavy (non-hydrogen) atoms. The second-order valence-corrected chi connectivity index (χ2v) is 11.3. The van der Waals surface area contributed by atoms with Gasteiger partial charge in [-0.2, -0.15) is 0 Å². The van der Waals surface area contributed by atoms with E-state index in [0.29, 0.717) is 18.1 Å². The Morgan fingerprint density at radius 2 is 1.62 bits per heavy atom. The first kappa shape index (κ1) is 26.7. The Bertz CT molecular complexity index is 1340. The molecule has 2 fully saturated rings. The van der Waals surface area contributed by atoms with Gasteiger partial charge in [-0.05, 0) is 75.1 Å². The van der Waals surface area contributed by atoms with Gasteiger partial charge in [-0.1, -0.05) is 30.3 Å². The molecule has 0 saturated carbocycles. The van der Waals surface area contributed by atoms with E-state index in [1.54, 1.807) is 0 Å². The molecule has 0 radical (unpaired) electrons. The molecule has 7 nitrogen and oxygen atoms in total. The van der Waals surface area contributed by atoms with Crippen molar-refractivity contribution >= 4 is 5.91 Å². The quantitative estimate of drug-likeness (QED) is 0.388. The number of hydrogen-bond donors (Lipinski definition) is 0. The lowest BCUT2D eigenvalue weighted by Crippen LogP contribution is -2.57. The fraction of sp³-hybridized carbons (Fsp3) is 0.424. The van der Waals surface area contributed by atoms with E-state index in [9.17, 15) is 4.79 Å². The van der Waals surface area contributed by atoms with Crippen LogP contribution in [-0.4, -0.2) is 72.2 Å². The van der Waals surface area contributed by atoms with Crippen molar-refractivity contribution in [3.05, 3.63) is 83.4 Å². The molecule has 0 aliphatic carbocycles. The zero-order valence-electron chi connectivity index (χ0n) is 23.7. The maximum Gasteiger partial charge on any atom is 0.254 e. The van der Waals surface area contributed by atoms with Crippen molar-refractivity contribution in [1.29, 1.82) is 0 Å². The van der Waals surface area contributed by atoms with Gasteiger partial charge in [-0.3, -0.25) is 14.6 Å². The molecular formula is C33H39N3O4. The number of aryl methyl sites for hydroxylation is 1. The average Bonchev–Trinajstić information content (AvgIpc) is 3.45. The van der Waals surface area contributed by atoms with E-state index in [-0.39, 0.29) is 12.7 Å². The van der Waals surface area contributed by atoms with Crippen LogP contribution in [0, 0.1) is 6.92 Å². The van der Waals surface area contributed by atoms with E-state index >= 15 is 0 Å². The Hall–Kier alpha value is -3.55. The summed E-state index contributed by atoms with van der Waals surface area (Å²) in [7, 11) is 0. The summed E-state index contributed by atoms with van der Waals surface area (Å²) in [5, 5.41) is 0. The molecular weight excluding hydrogens is 502 g/mol. The average molecular weight is 542 g/mol. The fourth-order valence-electron chi connectivity index (χ4n) is 6.41. The summed E-state index contributed by atoms with van der Waals surface area (Å²) in [6.07, 6.45) is 2.09. The van der Waals surface area contributed by atoms with Crippen LogP contribution in [0.1, 0.15) is 54.2 Å². The molecule has 7 heteroatoms. The van der Waals surface area contributed by atoms with Crippen LogP contribution in [0.25, 0.3) is 0 Å². The number of amides is 1. The molecule has 2 atom stereocenters. The molecule has 3 aliphatic heterocycles. The van der Waals surface area contributed by atoms with E-state index in [4.69, 9.17) is 14.2 Å². The molecule has 3 heterocycles. The first-order valence-corrected chi connectivity index (χ1v) is 14.5. The zero-order valence-corrected chi connectivity index (χ0v) is 23.7. The van der Waals surface area contributed by atoms with Crippen molar-refractivity contribution in [3.8, 4) is 23.0 Å². The molecule has 6 rings (SSSR count). The lowest BCUT2D eigenvalue weighted by atomic mass is 9.98. The number of carbonyl (C=O) groups is 1. The summed E-state index contributed by atoms with van der Waals surface area (Å²) in [6, 6.07) is 23.3. The minimum Gasteiger partial charge on any atom is -0.457 e. The number of fused-ring (bicyclic) bond motifs is 1. The maximum absolute atomic E-state index is 13.0. The molecule has 3 aromatic rings. The Kier molecular flexibility index (Phi) is 7.67. The molecule has 1 amide bonds. The van der Waals surface area contributed by atoms with Crippen molar-refractivity contribution < 1.29 is 19.0 Å². The fourth-order valence-corrected chi connectivity index (χ4v) is 6.41. The highest BCUT2D eigenvalue weighted by molar-refractivity contribution is 5.95. The van der Waals surface area contributed by atoms with Crippen LogP contribution in [0.15, 0.2) is 66.7 Å². The van der Waals surface area contributed by atoms with Gasteiger partial charge >= 0.3 is 0 Å².